The average molecular weight is 256 g/mol. The van der Waals surface area contributed by atoms with Crippen molar-refractivity contribution in [2.24, 2.45) is 0 Å². The van der Waals surface area contributed by atoms with Gasteiger partial charge in [-0.3, -0.25) is 0 Å². The van der Waals surface area contributed by atoms with Crippen LogP contribution in [0.15, 0.2) is 24.4 Å². The summed E-state index contributed by atoms with van der Waals surface area (Å²) < 4.78 is 1.92. The topological polar surface area (TPSA) is 42.7 Å². The normalized spacial score (nSPS) is 13.7. The van der Waals surface area contributed by atoms with E-state index >= 15 is 0 Å². The molecule has 1 aliphatic rings. The standard InChI is InChI=1S/C15H20N4/c1-2-16-9-15-11-19(18-17-15)10-12-6-7-13-4-3-5-14(13)8-12/h6-8,11,16H,2-5,9-10H2,1H3. The summed E-state index contributed by atoms with van der Waals surface area (Å²) in [4.78, 5) is 0. The van der Waals surface area contributed by atoms with E-state index in [1.165, 1.54) is 36.0 Å². The molecule has 1 N–H and O–H groups in total. The van der Waals surface area contributed by atoms with E-state index < -0.39 is 0 Å². The van der Waals surface area contributed by atoms with Gasteiger partial charge in [-0.2, -0.15) is 0 Å². The number of aromatic nitrogens is 3. The van der Waals surface area contributed by atoms with Crippen LogP contribution in [0, 0.1) is 0 Å². The van der Waals surface area contributed by atoms with E-state index in [9.17, 15) is 0 Å². The fourth-order valence-electron chi connectivity index (χ4n) is 2.66. The Morgan fingerprint density at radius 3 is 3.05 bits per heavy atom. The number of nitrogens with one attached hydrogen (secondary N) is 1. The lowest BCUT2D eigenvalue weighted by Crippen LogP contribution is -2.11. The number of nitrogens with zero attached hydrogens (tertiary/aromatic N) is 3. The third-order valence-corrected chi connectivity index (χ3v) is 3.65. The minimum absolute atomic E-state index is 0.792. The summed E-state index contributed by atoms with van der Waals surface area (Å²) in [7, 11) is 0. The molecule has 0 radical (unpaired) electrons. The summed E-state index contributed by atoms with van der Waals surface area (Å²) in [5, 5.41) is 11.6. The molecule has 0 fully saturated rings. The maximum absolute atomic E-state index is 4.18. The fraction of sp³-hybridized carbons (Fsp3) is 0.467. The van der Waals surface area contributed by atoms with Gasteiger partial charge >= 0.3 is 0 Å². The van der Waals surface area contributed by atoms with Crippen LogP contribution in [0.1, 0.15) is 35.7 Å². The summed E-state index contributed by atoms with van der Waals surface area (Å²) in [5.41, 5.74) is 5.37. The third-order valence-electron chi connectivity index (χ3n) is 3.65. The van der Waals surface area contributed by atoms with Crippen LogP contribution in [0.2, 0.25) is 0 Å². The van der Waals surface area contributed by atoms with Gasteiger partial charge in [0, 0.05) is 6.54 Å². The van der Waals surface area contributed by atoms with Crippen LogP contribution in [0.3, 0.4) is 0 Å². The SMILES string of the molecule is CCNCc1cn(Cc2ccc3c(c2)CCC3)nn1. The second-order valence-corrected chi connectivity index (χ2v) is 5.14. The lowest BCUT2D eigenvalue weighted by Gasteiger charge is -2.04. The Bertz CT molecular complexity index is 559. The molecule has 0 spiro atoms. The van der Waals surface area contributed by atoms with Crippen molar-refractivity contribution >= 4 is 0 Å². The molecule has 0 amide bonds. The lowest BCUT2D eigenvalue weighted by atomic mass is 10.1. The van der Waals surface area contributed by atoms with Gasteiger partial charge in [0.25, 0.3) is 0 Å². The van der Waals surface area contributed by atoms with Gasteiger partial charge < -0.3 is 5.32 Å². The first-order chi connectivity index (χ1) is 9.35. The van der Waals surface area contributed by atoms with Gasteiger partial charge in [0.1, 0.15) is 0 Å². The van der Waals surface area contributed by atoms with E-state index in [4.69, 9.17) is 0 Å². The molecular formula is C15H20N4. The molecule has 0 saturated carbocycles. The molecule has 1 heterocycles. The lowest BCUT2D eigenvalue weighted by molar-refractivity contribution is 0.647. The average Bonchev–Trinajstić information content (AvgIpc) is 3.05. The van der Waals surface area contributed by atoms with Crippen molar-refractivity contribution in [2.45, 2.75) is 39.3 Å². The summed E-state index contributed by atoms with van der Waals surface area (Å²) in [5.74, 6) is 0. The van der Waals surface area contributed by atoms with Gasteiger partial charge in [-0.1, -0.05) is 30.3 Å². The summed E-state index contributed by atoms with van der Waals surface area (Å²) in [6.07, 6.45) is 5.79. The van der Waals surface area contributed by atoms with Gasteiger partial charge in [-0.25, -0.2) is 4.68 Å². The Kier molecular flexibility index (Phi) is 3.60. The monoisotopic (exact) mass is 256 g/mol. The van der Waals surface area contributed by atoms with Crippen LogP contribution in [0.25, 0.3) is 0 Å². The smallest absolute Gasteiger partial charge is 0.0964 e. The Balaban J connectivity index is 1.69. The molecular weight excluding hydrogens is 236 g/mol. The van der Waals surface area contributed by atoms with Crippen molar-refractivity contribution in [3.63, 3.8) is 0 Å². The van der Waals surface area contributed by atoms with Crippen molar-refractivity contribution in [2.75, 3.05) is 6.54 Å². The first-order valence-electron chi connectivity index (χ1n) is 7.05. The Hall–Kier alpha value is -1.68. The highest BCUT2D eigenvalue weighted by molar-refractivity contribution is 5.35. The van der Waals surface area contributed by atoms with Crippen LogP contribution in [0.4, 0.5) is 0 Å². The second kappa shape index (κ2) is 5.53. The summed E-state index contributed by atoms with van der Waals surface area (Å²) in [6.45, 7) is 4.65. The van der Waals surface area contributed by atoms with E-state index in [1.54, 1.807) is 0 Å². The second-order valence-electron chi connectivity index (χ2n) is 5.14. The largest absolute Gasteiger partial charge is 0.311 e. The molecule has 3 rings (SSSR count). The third kappa shape index (κ3) is 2.84. The number of hydrogen-bond acceptors (Lipinski definition) is 3. The number of aryl methyl sites for hydroxylation is 2. The van der Waals surface area contributed by atoms with Crippen molar-refractivity contribution in [1.29, 1.82) is 0 Å². The van der Waals surface area contributed by atoms with Crippen LogP contribution in [0.5, 0.6) is 0 Å². The van der Waals surface area contributed by atoms with Gasteiger partial charge in [0.2, 0.25) is 0 Å². The van der Waals surface area contributed by atoms with Crippen molar-refractivity contribution < 1.29 is 0 Å². The number of hydrogen-bond donors (Lipinski definition) is 1. The predicted octanol–water partition coefficient (Wildman–Crippen LogP) is 1.92. The summed E-state index contributed by atoms with van der Waals surface area (Å²) in [6, 6.07) is 6.82. The van der Waals surface area contributed by atoms with E-state index in [-0.39, 0.29) is 0 Å². The molecule has 0 atom stereocenters. The molecule has 100 valence electrons. The molecule has 4 heteroatoms. The molecule has 0 saturated heterocycles. The first-order valence-corrected chi connectivity index (χ1v) is 7.05. The predicted molar refractivity (Wildman–Crippen MR) is 75.0 cm³/mol. The molecule has 19 heavy (non-hydrogen) atoms. The molecule has 2 aromatic rings. The fourth-order valence-corrected chi connectivity index (χ4v) is 2.66. The minimum Gasteiger partial charge on any atom is -0.311 e. The van der Waals surface area contributed by atoms with Crippen molar-refractivity contribution in [3.05, 3.63) is 46.8 Å². The van der Waals surface area contributed by atoms with Crippen LogP contribution >= 0.6 is 0 Å². The number of benzene rings is 1. The highest BCUT2D eigenvalue weighted by Crippen LogP contribution is 2.23. The first kappa shape index (κ1) is 12.4. The maximum Gasteiger partial charge on any atom is 0.0964 e. The minimum atomic E-state index is 0.792. The molecule has 0 aliphatic heterocycles. The van der Waals surface area contributed by atoms with Gasteiger partial charge in [-0.05, 0) is 42.5 Å². The highest BCUT2D eigenvalue weighted by Gasteiger charge is 2.11. The van der Waals surface area contributed by atoms with Gasteiger partial charge in [0.05, 0.1) is 18.4 Å². The van der Waals surface area contributed by atoms with E-state index in [2.05, 4.69) is 40.8 Å². The summed E-state index contributed by atoms with van der Waals surface area (Å²) >= 11 is 0. The number of fused-ring (bicyclic) bond motifs is 1. The van der Waals surface area contributed by atoms with Crippen molar-refractivity contribution in [1.82, 2.24) is 20.3 Å². The molecule has 0 unspecified atom stereocenters. The van der Waals surface area contributed by atoms with Gasteiger partial charge in [0.15, 0.2) is 0 Å². The van der Waals surface area contributed by atoms with Crippen LogP contribution in [-0.2, 0) is 25.9 Å². The van der Waals surface area contributed by atoms with E-state index in [0.29, 0.717) is 0 Å². The Labute approximate surface area is 113 Å². The van der Waals surface area contributed by atoms with Gasteiger partial charge in [-0.15, -0.1) is 5.10 Å². The Morgan fingerprint density at radius 1 is 1.26 bits per heavy atom. The molecule has 1 aromatic carbocycles. The Morgan fingerprint density at radius 2 is 2.16 bits per heavy atom. The molecule has 1 aromatic heterocycles. The molecule has 4 nitrogen and oxygen atoms in total. The van der Waals surface area contributed by atoms with Crippen molar-refractivity contribution in [3.8, 4) is 0 Å². The van der Waals surface area contributed by atoms with E-state index in [1.807, 2.05) is 10.9 Å². The number of rotatable bonds is 5. The zero-order valence-electron chi connectivity index (χ0n) is 11.4. The maximum atomic E-state index is 4.18. The zero-order valence-corrected chi connectivity index (χ0v) is 11.4. The van der Waals surface area contributed by atoms with Crippen LogP contribution in [-0.4, -0.2) is 21.5 Å². The molecule has 1 aliphatic carbocycles. The van der Waals surface area contributed by atoms with Crippen LogP contribution < -0.4 is 5.32 Å². The highest BCUT2D eigenvalue weighted by atomic mass is 15.4. The quantitative estimate of drug-likeness (QED) is 0.889. The zero-order chi connectivity index (χ0) is 13.1. The van der Waals surface area contributed by atoms with E-state index in [0.717, 1.165) is 25.3 Å². The molecule has 0 bridgehead atoms.